The second kappa shape index (κ2) is 5.47. The van der Waals surface area contributed by atoms with E-state index in [1.165, 1.54) is 5.92 Å². The van der Waals surface area contributed by atoms with Gasteiger partial charge >= 0.3 is 10.2 Å². The van der Waals surface area contributed by atoms with Gasteiger partial charge < -0.3 is 0 Å². The Morgan fingerprint density at radius 3 is 1.71 bits per heavy atom. The highest BCUT2D eigenvalue weighted by Gasteiger charge is 2.62. The monoisotopic (exact) mass is 278 g/mol. The van der Waals surface area contributed by atoms with Crippen LogP contribution in [0.4, 0.5) is 19.4 Å². The fraction of sp³-hybridized carbons (Fsp3) is 0.818. The van der Waals surface area contributed by atoms with Crippen LogP contribution in [0, 0.1) is 11.2 Å². The summed E-state index contributed by atoms with van der Waals surface area (Å²) in [4.78, 5) is 0. The van der Waals surface area contributed by atoms with E-state index >= 15 is 0 Å². The molecule has 0 aliphatic rings. The maximum absolute atomic E-state index is 11.8. The average Bonchev–Trinajstić information content (AvgIpc) is 2.11. The van der Waals surface area contributed by atoms with E-state index in [9.17, 15) is 19.4 Å². The molecule has 6 heteroatoms. The van der Waals surface area contributed by atoms with E-state index in [1.54, 1.807) is 0 Å². The van der Waals surface area contributed by atoms with E-state index in [0.717, 1.165) is 38.5 Å². The van der Waals surface area contributed by atoms with Gasteiger partial charge in [-0.2, -0.15) is 0 Å². The Labute approximate surface area is 99.7 Å². The van der Waals surface area contributed by atoms with Crippen molar-refractivity contribution in [2.45, 2.75) is 58.3 Å². The molecule has 0 saturated carbocycles. The minimum atomic E-state index is -9.49. The van der Waals surface area contributed by atoms with Crippen molar-refractivity contribution >= 4 is 10.2 Å². The van der Waals surface area contributed by atoms with Crippen LogP contribution >= 0.6 is 10.2 Å². The number of hydrogen-bond donors (Lipinski definition) is 0. The fourth-order valence-corrected chi connectivity index (χ4v) is 1.73. The average molecular weight is 278 g/mol. The predicted molar refractivity (Wildman–Crippen MR) is 63.5 cm³/mol. The van der Waals surface area contributed by atoms with Crippen LogP contribution in [0.15, 0.2) is 0 Å². The Bertz CT molecular complexity index is 281. The molecule has 104 valence electrons. The summed E-state index contributed by atoms with van der Waals surface area (Å²) in [5.41, 5.74) is 0. The van der Waals surface area contributed by atoms with Gasteiger partial charge in [-0.3, -0.25) is 0 Å². The zero-order valence-corrected chi connectivity index (χ0v) is 10.8. The Kier molecular flexibility index (Phi) is 5.33. The second-order valence-corrected chi connectivity index (χ2v) is 6.26. The maximum Gasteiger partial charge on any atom is 0.345 e. The number of halogens is 5. The third-order valence-electron chi connectivity index (χ3n) is 2.17. The Hall–Kier alpha value is -0.440. The summed E-state index contributed by atoms with van der Waals surface area (Å²) in [5.74, 6) is 1.54. The van der Waals surface area contributed by atoms with E-state index in [2.05, 4.69) is 6.92 Å². The molecule has 0 heterocycles. The summed E-state index contributed by atoms with van der Waals surface area (Å²) in [7, 11) is -9.49. The minimum Gasteiger partial charge on any atom is -0.0873 e. The molecule has 17 heavy (non-hydrogen) atoms. The second-order valence-electron chi connectivity index (χ2n) is 4.12. The van der Waals surface area contributed by atoms with Crippen LogP contribution in [0.5, 0.6) is 0 Å². The quantitative estimate of drug-likeness (QED) is 0.287. The van der Waals surface area contributed by atoms with Gasteiger partial charge in [0.2, 0.25) is 0 Å². The van der Waals surface area contributed by atoms with Gasteiger partial charge in [0.15, 0.2) is 0 Å². The van der Waals surface area contributed by atoms with E-state index in [0.29, 0.717) is 6.42 Å². The lowest BCUT2D eigenvalue weighted by atomic mass is 10.1. The first-order chi connectivity index (χ1) is 7.54. The lowest BCUT2D eigenvalue weighted by Gasteiger charge is -2.33. The van der Waals surface area contributed by atoms with Crippen molar-refractivity contribution in [3.8, 4) is 11.2 Å². The molecule has 0 N–H and O–H groups in total. The van der Waals surface area contributed by atoms with Crippen LogP contribution < -0.4 is 0 Å². The molecular formula is C11H19F5S. The van der Waals surface area contributed by atoms with Crippen molar-refractivity contribution in [2.24, 2.45) is 0 Å². The molecule has 0 saturated heterocycles. The van der Waals surface area contributed by atoms with Gasteiger partial charge in [0.05, 0.1) is 5.25 Å². The van der Waals surface area contributed by atoms with E-state index < -0.39 is 10.2 Å². The van der Waals surface area contributed by atoms with E-state index in [1.807, 2.05) is 0 Å². The first-order valence-corrected chi connectivity index (χ1v) is 7.74. The molecular weight excluding hydrogens is 259 g/mol. The van der Waals surface area contributed by atoms with Crippen molar-refractivity contribution in [1.29, 1.82) is 0 Å². The third kappa shape index (κ3) is 15.6. The number of rotatable bonds is 7. The summed E-state index contributed by atoms with van der Waals surface area (Å²) in [5, 5.41) is 0.221. The number of hydrogen-bond acceptors (Lipinski definition) is 0. The van der Waals surface area contributed by atoms with Crippen molar-refractivity contribution < 1.29 is 19.4 Å². The minimum absolute atomic E-state index is 0.112. The van der Waals surface area contributed by atoms with Crippen LogP contribution in [0.2, 0.25) is 0 Å². The molecule has 0 atom stereocenters. The molecule has 0 aliphatic heterocycles. The largest absolute Gasteiger partial charge is 0.345 e. The smallest absolute Gasteiger partial charge is 0.0873 e. The summed E-state index contributed by atoms with van der Waals surface area (Å²) < 4.78 is 58.8. The zero-order chi connectivity index (χ0) is 13.5. The Morgan fingerprint density at radius 2 is 1.24 bits per heavy atom. The lowest BCUT2D eigenvalue weighted by Crippen LogP contribution is -1.99. The molecule has 0 bridgehead atoms. The summed E-state index contributed by atoms with van der Waals surface area (Å²) in [6.45, 7) is 2.09. The molecule has 0 aromatic heterocycles. The van der Waals surface area contributed by atoms with Crippen LogP contribution in [0.1, 0.15) is 58.3 Å². The van der Waals surface area contributed by atoms with Gasteiger partial charge in [0, 0.05) is 6.42 Å². The van der Waals surface area contributed by atoms with Crippen molar-refractivity contribution in [3.63, 3.8) is 0 Å². The van der Waals surface area contributed by atoms with Gasteiger partial charge in [0.25, 0.3) is 0 Å². The molecule has 0 fully saturated rings. The fourth-order valence-electron chi connectivity index (χ4n) is 1.36. The molecule has 0 nitrogen and oxygen atoms in total. The Balaban J connectivity index is 3.64. The molecule has 0 unspecified atom stereocenters. The van der Waals surface area contributed by atoms with Crippen LogP contribution in [-0.4, -0.2) is 0 Å². The van der Waals surface area contributed by atoms with Gasteiger partial charge in [-0.1, -0.05) is 70.8 Å². The lowest BCUT2D eigenvalue weighted by molar-refractivity contribution is 0.388. The van der Waals surface area contributed by atoms with Crippen LogP contribution in [0.3, 0.4) is 0 Å². The van der Waals surface area contributed by atoms with Gasteiger partial charge in [-0.05, 0) is 6.42 Å². The van der Waals surface area contributed by atoms with Gasteiger partial charge in [0.1, 0.15) is 0 Å². The molecule has 0 aromatic rings. The van der Waals surface area contributed by atoms with Gasteiger partial charge in [-0.15, -0.1) is 0 Å². The molecule has 0 rings (SSSR count). The van der Waals surface area contributed by atoms with Crippen LogP contribution in [-0.2, 0) is 0 Å². The summed E-state index contributed by atoms with van der Waals surface area (Å²) in [6.07, 6.45) is 6.47. The standard InChI is InChI=1S/C11H19F5S/c1-2-3-4-5-6-7-8-9-10-11-17(12,13,14,15)16/h2-9H2,1H3. The predicted octanol–water partition coefficient (Wildman–Crippen LogP) is 6.39. The van der Waals surface area contributed by atoms with E-state index in [-0.39, 0.29) is 11.7 Å². The first-order valence-electron chi connectivity index (χ1n) is 5.79. The SMILES string of the molecule is CCCCCCCCCC#CS(F)(F)(F)(F)F. The molecule has 0 radical (unpaired) electrons. The van der Waals surface area contributed by atoms with Crippen LogP contribution in [0.25, 0.3) is 0 Å². The first kappa shape index (κ1) is 16.6. The normalized spacial score (nSPS) is 15.6. The van der Waals surface area contributed by atoms with Crippen molar-refractivity contribution in [2.75, 3.05) is 0 Å². The highest BCUT2D eigenvalue weighted by atomic mass is 32.5. The summed E-state index contributed by atoms with van der Waals surface area (Å²) in [6, 6.07) is 0. The topological polar surface area (TPSA) is 0 Å². The van der Waals surface area contributed by atoms with Crippen molar-refractivity contribution in [1.82, 2.24) is 0 Å². The highest BCUT2D eigenvalue weighted by Crippen LogP contribution is 2.97. The Morgan fingerprint density at radius 1 is 0.765 bits per heavy atom. The molecule has 0 aliphatic carbocycles. The zero-order valence-electron chi connectivity index (χ0n) is 9.95. The molecule has 0 spiro atoms. The third-order valence-corrected chi connectivity index (χ3v) is 2.70. The van der Waals surface area contributed by atoms with E-state index in [4.69, 9.17) is 0 Å². The summed E-state index contributed by atoms with van der Waals surface area (Å²) >= 11 is 0. The molecule has 0 amide bonds. The van der Waals surface area contributed by atoms with Gasteiger partial charge in [-0.25, -0.2) is 0 Å². The number of unbranched alkanes of at least 4 members (excludes halogenated alkanes) is 7. The highest BCUT2D eigenvalue weighted by molar-refractivity contribution is 8.49. The van der Waals surface area contributed by atoms with Crippen molar-refractivity contribution in [3.05, 3.63) is 0 Å². The molecule has 0 aromatic carbocycles. The maximum atomic E-state index is 11.8.